The van der Waals surface area contributed by atoms with Gasteiger partial charge < -0.3 is 9.80 Å². The van der Waals surface area contributed by atoms with Crippen LogP contribution < -0.4 is 4.90 Å². The Morgan fingerprint density at radius 1 is 1.28 bits per heavy atom. The third-order valence-corrected chi connectivity index (χ3v) is 3.49. The Morgan fingerprint density at radius 3 is 2.61 bits per heavy atom. The van der Waals surface area contributed by atoms with Crippen LogP contribution in [-0.4, -0.2) is 17.6 Å². The molecule has 0 radical (unpaired) electrons. The standard InChI is InChI=1S/C16H22N2/c1-4-6-14(3)17-11-12-18(13-17)16-9-7-15(5-2)8-10-16/h5,7-12,14H,2,4,6,13H2,1,3H3. The zero-order valence-corrected chi connectivity index (χ0v) is 11.3. The number of rotatable bonds is 5. The monoisotopic (exact) mass is 242 g/mol. The van der Waals surface area contributed by atoms with Gasteiger partial charge in [-0.3, -0.25) is 0 Å². The Kier molecular flexibility index (Phi) is 4.08. The van der Waals surface area contributed by atoms with Gasteiger partial charge in [0.25, 0.3) is 0 Å². The molecule has 0 fully saturated rings. The molecule has 1 aromatic rings. The quantitative estimate of drug-likeness (QED) is 0.768. The van der Waals surface area contributed by atoms with Gasteiger partial charge in [0.15, 0.2) is 0 Å². The van der Waals surface area contributed by atoms with E-state index in [0.717, 1.165) is 12.2 Å². The maximum absolute atomic E-state index is 3.78. The minimum Gasteiger partial charge on any atom is -0.356 e. The summed E-state index contributed by atoms with van der Waals surface area (Å²) in [5.74, 6) is 0. The lowest BCUT2D eigenvalue weighted by atomic mass is 10.2. The zero-order chi connectivity index (χ0) is 13.0. The van der Waals surface area contributed by atoms with E-state index < -0.39 is 0 Å². The predicted octanol–water partition coefficient (Wildman–Crippen LogP) is 4.07. The molecule has 0 spiro atoms. The molecule has 1 atom stereocenters. The van der Waals surface area contributed by atoms with Crippen molar-refractivity contribution in [3.05, 3.63) is 48.8 Å². The molecule has 18 heavy (non-hydrogen) atoms. The predicted molar refractivity (Wildman–Crippen MR) is 79.2 cm³/mol. The lowest BCUT2D eigenvalue weighted by molar-refractivity contribution is 0.299. The minimum absolute atomic E-state index is 0.615. The van der Waals surface area contributed by atoms with Crippen molar-refractivity contribution in [2.45, 2.75) is 32.7 Å². The number of hydrogen-bond acceptors (Lipinski definition) is 2. The van der Waals surface area contributed by atoms with Crippen molar-refractivity contribution >= 4 is 11.8 Å². The summed E-state index contributed by atoms with van der Waals surface area (Å²) in [6.07, 6.45) is 8.71. The Morgan fingerprint density at radius 2 is 2.00 bits per heavy atom. The molecule has 0 saturated heterocycles. The second-order valence-corrected chi connectivity index (χ2v) is 4.86. The summed E-state index contributed by atoms with van der Waals surface area (Å²) in [5.41, 5.74) is 2.40. The largest absolute Gasteiger partial charge is 0.356 e. The third kappa shape index (κ3) is 2.76. The van der Waals surface area contributed by atoms with Crippen LogP contribution in [-0.2, 0) is 0 Å². The zero-order valence-electron chi connectivity index (χ0n) is 11.3. The van der Waals surface area contributed by atoms with E-state index in [1.54, 1.807) is 0 Å². The van der Waals surface area contributed by atoms with Crippen LogP contribution in [0.2, 0.25) is 0 Å². The Labute approximate surface area is 110 Å². The number of nitrogens with zero attached hydrogens (tertiary/aromatic N) is 2. The highest BCUT2D eigenvalue weighted by molar-refractivity contribution is 5.56. The number of benzene rings is 1. The molecule has 0 bridgehead atoms. The van der Waals surface area contributed by atoms with Crippen molar-refractivity contribution in [3.8, 4) is 0 Å². The maximum Gasteiger partial charge on any atom is 0.0944 e. The van der Waals surface area contributed by atoms with Gasteiger partial charge in [0, 0.05) is 24.1 Å². The van der Waals surface area contributed by atoms with Crippen LogP contribution in [0.3, 0.4) is 0 Å². The van der Waals surface area contributed by atoms with Crippen LogP contribution in [0.4, 0.5) is 5.69 Å². The van der Waals surface area contributed by atoms with Gasteiger partial charge in [-0.15, -0.1) is 0 Å². The number of anilines is 1. The van der Waals surface area contributed by atoms with Crippen LogP contribution in [0.1, 0.15) is 32.3 Å². The Bertz CT molecular complexity index is 419. The Balaban J connectivity index is 2.00. The fourth-order valence-corrected chi connectivity index (χ4v) is 2.28. The van der Waals surface area contributed by atoms with Crippen molar-refractivity contribution in [2.75, 3.05) is 11.6 Å². The summed E-state index contributed by atoms with van der Waals surface area (Å²) in [4.78, 5) is 4.67. The molecule has 2 rings (SSSR count). The fraction of sp³-hybridized carbons (Fsp3) is 0.375. The van der Waals surface area contributed by atoms with Crippen LogP contribution in [0.5, 0.6) is 0 Å². The third-order valence-electron chi connectivity index (χ3n) is 3.49. The molecule has 0 saturated carbocycles. The normalized spacial score (nSPS) is 16.1. The molecule has 2 heteroatoms. The van der Waals surface area contributed by atoms with E-state index in [-0.39, 0.29) is 0 Å². The molecule has 1 heterocycles. The molecule has 0 aromatic heterocycles. The summed E-state index contributed by atoms with van der Waals surface area (Å²) in [7, 11) is 0. The van der Waals surface area contributed by atoms with Crippen molar-refractivity contribution < 1.29 is 0 Å². The smallest absolute Gasteiger partial charge is 0.0944 e. The van der Waals surface area contributed by atoms with Gasteiger partial charge in [0.2, 0.25) is 0 Å². The molecule has 1 aliphatic rings. The first-order chi connectivity index (χ1) is 8.74. The molecule has 0 amide bonds. The first-order valence-electron chi connectivity index (χ1n) is 6.67. The van der Waals surface area contributed by atoms with Crippen LogP contribution >= 0.6 is 0 Å². The van der Waals surface area contributed by atoms with Gasteiger partial charge in [-0.05, 0) is 31.0 Å². The molecule has 1 aliphatic heterocycles. The van der Waals surface area contributed by atoms with E-state index >= 15 is 0 Å². The van der Waals surface area contributed by atoms with Gasteiger partial charge >= 0.3 is 0 Å². The molecule has 1 aromatic carbocycles. The Hall–Kier alpha value is -1.70. The molecular weight excluding hydrogens is 220 g/mol. The highest BCUT2D eigenvalue weighted by Crippen LogP contribution is 2.22. The van der Waals surface area contributed by atoms with E-state index in [2.05, 4.69) is 66.9 Å². The van der Waals surface area contributed by atoms with E-state index in [4.69, 9.17) is 0 Å². The lowest BCUT2D eigenvalue weighted by Gasteiger charge is -2.26. The van der Waals surface area contributed by atoms with E-state index in [9.17, 15) is 0 Å². The first-order valence-corrected chi connectivity index (χ1v) is 6.67. The van der Waals surface area contributed by atoms with Crippen LogP contribution in [0.15, 0.2) is 43.2 Å². The van der Waals surface area contributed by atoms with Crippen LogP contribution in [0, 0.1) is 0 Å². The van der Waals surface area contributed by atoms with Gasteiger partial charge in [-0.2, -0.15) is 0 Å². The minimum atomic E-state index is 0.615. The van der Waals surface area contributed by atoms with Crippen LogP contribution in [0.25, 0.3) is 6.08 Å². The molecule has 1 unspecified atom stereocenters. The highest BCUT2D eigenvalue weighted by atomic mass is 15.3. The van der Waals surface area contributed by atoms with E-state index in [0.29, 0.717) is 6.04 Å². The van der Waals surface area contributed by atoms with E-state index in [1.165, 1.54) is 18.5 Å². The maximum atomic E-state index is 3.78. The summed E-state index contributed by atoms with van der Waals surface area (Å²) < 4.78 is 0. The van der Waals surface area contributed by atoms with Crippen molar-refractivity contribution in [1.29, 1.82) is 0 Å². The molecule has 0 N–H and O–H groups in total. The van der Waals surface area contributed by atoms with Gasteiger partial charge in [0.1, 0.15) is 0 Å². The van der Waals surface area contributed by atoms with Crippen molar-refractivity contribution in [1.82, 2.24) is 4.90 Å². The SMILES string of the molecule is C=Cc1ccc(N2C=CN(C(C)CCC)C2)cc1. The molecule has 96 valence electrons. The molecule has 0 aliphatic carbocycles. The number of hydrogen-bond donors (Lipinski definition) is 0. The van der Waals surface area contributed by atoms with Gasteiger partial charge in [-0.1, -0.05) is 38.1 Å². The van der Waals surface area contributed by atoms with Gasteiger partial charge in [0.05, 0.1) is 6.67 Å². The average molecular weight is 242 g/mol. The summed E-state index contributed by atoms with van der Waals surface area (Å²) in [6.45, 7) is 9.26. The van der Waals surface area contributed by atoms with Crippen molar-refractivity contribution in [2.24, 2.45) is 0 Å². The molecular formula is C16H22N2. The summed E-state index contributed by atoms with van der Waals surface area (Å²) >= 11 is 0. The summed E-state index contributed by atoms with van der Waals surface area (Å²) in [6, 6.07) is 9.12. The second kappa shape index (κ2) is 5.76. The average Bonchev–Trinajstić information content (AvgIpc) is 2.89. The van der Waals surface area contributed by atoms with Gasteiger partial charge in [-0.25, -0.2) is 0 Å². The topological polar surface area (TPSA) is 6.48 Å². The first kappa shape index (κ1) is 12.7. The van der Waals surface area contributed by atoms with Crippen molar-refractivity contribution in [3.63, 3.8) is 0 Å². The molecule has 2 nitrogen and oxygen atoms in total. The van der Waals surface area contributed by atoms with E-state index in [1.807, 2.05) is 6.08 Å². The summed E-state index contributed by atoms with van der Waals surface area (Å²) in [5, 5.41) is 0. The highest BCUT2D eigenvalue weighted by Gasteiger charge is 2.17. The second-order valence-electron chi connectivity index (χ2n) is 4.86. The lowest BCUT2D eigenvalue weighted by Crippen LogP contribution is -2.31. The fourth-order valence-electron chi connectivity index (χ4n) is 2.28.